The highest BCUT2D eigenvalue weighted by molar-refractivity contribution is 6.00. The molecule has 2 aromatic carbocycles. The number of nitrogens with two attached hydrogens (primary N) is 1. The first kappa shape index (κ1) is 14.2. The zero-order chi connectivity index (χ0) is 15.5. The highest BCUT2D eigenvalue weighted by Crippen LogP contribution is 2.27. The molecule has 0 saturated carbocycles. The second-order valence-corrected chi connectivity index (χ2v) is 5.52. The van der Waals surface area contributed by atoms with Gasteiger partial charge in [0.15, 0.2) is 0 Å². The maximum absolute atomic E-state index is 6.09. The topological polar surface area (TPSA) is 54.2 Å². The van der Waals surface area contributed by atoms with Gasteiger partial charge in [-0.1, -0.05) is 24.3 Å². The summed E-state index contributed by atoms with van der Waals surface area (Å²) in [5.41, 5.74) is 9.24. The van der Waals surface area contributed by atoms with Crippen LogP contribution in [0.25, 0.3) is 10.8 Å². The molecule has 4 heteroatoms. The number of hydrogen-bond donors (Lipinski definition) is 2. The lowest BCUT2D eigenvalue weighted by atomic mass is 10.1. The van der Waals surface area contributed by atoms with Crippen molar-refractivity contribution in [2.75, 3.05) is 30.0 Å². The summed E-state index contributed by atoms with van der Waals surface area (Å²) in [5, 5.41) is 5.47. The van der Waals surface area contributed by atoms with Crippen LogP contribution in [0.15, 0.2) is 54.7 Å². The van der Waals surface area contributed by atoms with Crippen molar-refractivity contribution in [3.05, 3.63) is 60.3 Å². The lowest BCUT2D eigenvalue weighted by Crippen LogP contribution is -2.08. The Balaban J connectivity index is 1.82. The van der Waals surface area contributed by atoms with Crippen molar-refractivity contribution in [2.45, 2.75) is 6.54 Å². The molecule has 0 amide bonds. The van der Waals surface area contributed by atoms with Gasteiger partial charge in [0.25, 0.3) is 0 Å². The summed E-state index contributed by atoms with van der Waals surface area (Å²) in [6.45, 7) is 0.716. The maximum atomic E-state index is 6.09. The van der Waals surface area contributed by atoms with Gasteiger partial charge in [-0.15, -0.1) is 0 Å². The summed E-state index contributed by atoms with van der Waals surface area (Å²) < 4.78 is 0. The quantitative estimate of drug-likeness (QED) is 0.723. The summed E-state index contributed by atoms with van der Waals surface area (Å²) >= 11 is 0. The fourth-order valence-electron chi connectivity index (χ4n) is 2.49. The van der Waals surface area contributed by atoms with Gasteiger partial charge in [0.2, 0.25) is 0 Å². The van der Waals surface area contributed by atoms with E-state index in [0.717, 1.165) is 22.3 Å². The molecule has 112 valence electrons. The molecule has 1 heterocycles. The van der Waals surface area contributed by atoms with E-state index >= 15 is 0 Å². The van der Waals surface area contributed by atoms with E-state index < -0.39 is 0 Å². The van der Waals surface area contributed by atoms with Crippen molar-refractivity contribution in [3.8, 4) is 0 Å². The van der Waals surface area contributed by atoms with E-state index in [-0.39, 0.29) is 0 Å². The molecule has 0 fully saturated rings. The first-order valence-electron chi connectivity index (χ1n) is 7.28. The molecule has 0 aliphatic carbocycles. The van der Waals surface area contributed by atoms with Crippen LogP contribution in [-0.4, -0.2) is 19.1 Å². The average Bonchev–Trinajstić information content (AvgIpc) is 2.53. The van der Waals surface area contributed by atoms with Crippen molar-refractivity contribution in [3.63, 3.8) is 0 Å². The molecular formula is C18H20N4. The molecule has 3 rings (SSSR count). The predicted molar refractivity (Wildman–Crippen MR) is 94.3 cm³/mol. The Kier molecular flexibility index (Phi) is 3.83. The molecule has 3 aromatic rings. The van der Waals surface area contributed by atoms with Crippen molar-refractivity contribution in [1.82, 2.24) is 4.98 Å². The summed E-state index contributed by atoms with van der Waals surface area (Å²) in [7, 11) is 4.08. The van der Waals surface area contributed by atoms with Gasteiger partial charge in [-0.2, -0.15) is 0 Å². The fraction of sp³-hybridized carbons (Fsp3) is 0.167. The molecule has 3 N–H and O–H groups in total. The third-order valence-corrected chi connectivity index (χ3v) is 3.74. The highest BCUT2D eigenvalue weighted by atomic mass is 15.1. The van der Waals surface area contributed by atoms with Gasteiger partial charge >= 0.3 is 0 Å². The molecule has 0 saturated heterocycles. The molecule has 4 nitrogen and oxygen atoms in total. The largest absolute Gasteiger partial charge is 0.398 e. The van der Waals surface area contributed by atoms with Gasteiger partial charge in [0.1, 0.15) is 5.82 Å². The fourth-order valence-corrected chi connectivity index (χ4v) is 2.49. The van der Waals surface area contributed by atoms with Crippen LogP contribution in [0.4, 0.5) is 17.2 Å². The minimum atomic E-state index is 0.716. The third kappa shape index (κ3) is 2.81. The molecular weight excluding hydrogens is 272 g/mol. The van der Waals surface area contributed by atoms with Gasteiger partial charge in [0, 0.05) is 43.6 Å². The lowest BCUT2D eigenvalue weighted by Gasteiger charge is -2.14. The van der Waals surface area contributed by atoms with Crippen LogP contribution >= 0.6 is 0 Å². The van der Waals surface area contributed by atoms with Crippen LogP contribution in [-0.2, 0) is 6.54 Å². The number of nitrogens with one attached hydrogen (secondary N) is 1. The minimum Gasteiger partial charge on any atom is -0.398 e. The number of nitrogens with zero attached hydrogens (tertiary/aromatic N) is 2. The second kappa shape index (κ2) is 5.93. The molecule has 22 heavy (non-hydrogen) atoms. The Labute approximate surface area is 130 Å². The average molecular weight is 292 g/mol. The summed E-state index contributed by atoms with van der Waals surface area (Å²) in [6, 6.07) is 16.4. The predicted octanol–water partition coefficient (Wildman–Crippen LogP) is 3.50. The normalized spacial score (nSPS) is 10.6. The number of pyridine rings is 1. The smallest absolute Gasteiger partial charge is 0.136 e. The molecule has 0 spiro atoms. The van der Waals surface area contributed by atoms with E-state index in [9.17, 15) is 0 Å². The first-order valence-corrected chi connectivity index (χ1v) is 7.28. The molecule has 1 aromatic heterocycles. The second-order valence-electron chi connectivity index (χ2n) is 5.52. The highest BCUT2D eigenvalue weighted by Gasteiger charge is 2.05. The molecule has 0 unspecified atom stereocenters. The first-order chi connectivity index (χ1) is 10.6. The van der Waals surface area contributed by atoms with Crippen molar-refractivity contribution >= 4 is 28.0 Å². The van der Waals surface area contributed by atoms with E-state index in [2.05, 4.69) is 39.5 Å². The Hall–Kier alpha value is -2.75. The van der Waals surface area contributed by atoms with Crippen LogP contribution in [0.3, 0.4) is 0 Å². The standard InChI is InChI=1S/C18H20N4/c1-22(2)15-8-6-13(7-9-15)12-21-18-17-14(10-11-20-18)4-3-5-16(17)19/h3-11H,12,19H2,1-2H3,(H,20,21). The number of aromatic nitrogens is 1. The van der Waals surface area contributed by atoms with Gasteiger partial charge < -0.3 is 16.0 Å². The molecule has 0 atom stereocenters. The Bertz CT molecular complexity index is 773. The molecule has 0 aliphatic rings. The third-order valence-electron chi connectivity index (χ3n) is 3.74. The van der Waals surface area contributed by atoms with Crippen LogP contribution in [0.1, 0.15) is 5.56 Å². The number of rotatable bonds is 4. The minimum absolute atomic E-state index is 0.716. The van der Waals surface area contributed by atoms with Crippen LogP contribution in [0, 0.1) is 0 Å². The van der Waals surface area contributed by atoms with Gasteiger partial charge in [-0.3, -0.25) is 0 Å². The number of hydrogen-bond acceptors (Lipinski definition) is 4. The Morgan fingerprint density at radius 2 is 1.82 bits per heavy atom. The SMILES string of the molecule is CN(C)c1ccc(CNc2nccc3cccc(N)c23)cc1. The van der Waals surface area contributed by atoms with Crippen molar-refractivity contribution < 1.29 is 0 Å². The van der Waals surface area contributed by atoms with Crippen LogP contribution < -0.4 is 16.0 Å². The van der Waals surface area contributed by atoms with Crippen LogP contribution in [0.5, 0.6) is 0 Å². The molecule has 0 aliphatic heterocycles. The zero-order valence-corrected chi connectivity index (χ0v) is 12.9. The van der Waals surface area contributed by atoms with E-state index in [1.807, 2.05) is 38.4 Å². The number of benzene rings is 2. The Morgan fingerprint density at radius 1 is 1.05 bits per heavy atom. The van der Waals surface area contributed by atoms with Crippen molar-refractivity contribution in [1.29, 1.82) is 0 Å². The summed E-state index contributed by atoms with van der Waals surface area (Å²) in [4.78, 5) is 6.52. The van der Waals surface area contributed by atoms with Gasteiger partial charge in [-0.25, -0.2) is 4.98 Å². The Morgan fingerprint density at radius 3 is 2.55 bits per heavy atom. The summed E-state index contributed by atoms with van der Waals surface area (Å²) in [5.74, 6) is 0.826. The van der Waals surface area contributed by atoms with Crippen molar-refractivity contribution in [2.24, 2.45) is 0 Å². The van der Waals surface area contributed by atoms with E-state index in [0.29, 0.717) is 6.54 Å². The monoisotopic (exact) mass is 292 g/mol. The van der Waals surface area contributed by atoms with Gasteiger partial charge in [0.05, 0.1) is 0 Å². The summed E-state index contributed by atoms with van der Waals surface area (Å²) in [6.07, 6.45) is 1.80. The number of fused-ring (bicyclic) bond motifs is 1. The molecule has 0 bridgehead atoms. The van der Waals surface area contributed by atoms with E-state index in [1.165, 1.54) is 11.3 Å². The number of nitrogen functional groups attached to an aromatic ring is 1. The van der Waals surface area contributed by atoms with Gasteiger partial charge in [-0.05, 0) is 35.2 Å². The van der Waals surface area contributed by atoms with E-state index in [4.69, 9.17) is 5.73 Å². The number of anilines is 3. The maximum Gasteiger partial charge on any atom is 0.136 e. The zero-order valence-electron chi connectivity index (χ0n) is 12.9. The van der Waals surface area contributed by atoms with E-state index in [1.54, 1.807) is 6.20 Å². The molecule has 0 radical (unpaired) electrons. The lowest BCUT2D eigenvalue weighted by molar-refractivity contribution is 1.10. The van der Waals surface area contributed by atoms with Crippen LogP contribution in [0.2, 0.25) is 0 Å².